The Morgan fingerprint density at radius 2 is 1.92 bits per heavy atom. The van der Waals surface area contributed by atoms with Gasteiger partial charge in [-0.25, -0.2) is 4.79 Å². The lowest BCUT2D eigenvalue weighted by molar-refractivity contribution is 0.0600. The van der Waals surface area contributed by atoms with Gasteiger partial charge in [-0.3, -0.25) is 4.79 Å². The number of rotatable bonds is 4. The minimum absolute atomic E-state index is 0.281. The second kappa shape index (κ2) is 6.45. The molecule has 0 atom stereocenters. The lowest BCUT2D eigenvalue weighted by Crippen LogP contribution is -2.12. The largest absolute Gasteiger partial charge is 0.497 e. The van der Waals surface area contributed by atoms with Crippen LogP contribution < -0.4 is 10.1 Å². The number of esters is 1. The van der Waals surface area contributed by atoms with Crippen molar-refractivity contribution >= 4 is 28.5 Å². The minimum Gasteiger partial charge on any atom is -0.497 e. The third-order valence-corrected chi connectivity index (χ3v) is 3.68. The second-order valence-electron chi connectivity index (χ2n) is 5.14. The van der Waals surface area contributed by atoms with Gasteiger partial charge in [-0.2, -0.15) is 0 Å². The number of amides is 1. The van der Waals surface area contributed by atoms with Gasteiger partial charge in [0.2, 0.25) is 0 Å². The summed E-state index contributed by atoms with van der Waals surface area (Å²) < 4.78 is 9.88. The van der Waals surface area contributed by atoms with Crippen LogP contribution in [0.15, 0.2) is 48.7 Å². The van der Waals surface area contributed by atoms with Gasteiger partial charge in [-0.05, 0) is 36.4 Å². The van der Waals surface area contributed by atoms with Crippen LogP contribution in [0.1, 0.15) is 20.7 Å². The van der Waals surface area contributed by atoms with Crippen molar-refractivity contribution in [2.45, 2.75) is 0 Å². The highest BCUT2D eigenvalue weighted by Gasteiger charge is 2.14. The summed E-state index contributed by atoms with van der Waals surface area (Å²) in [4.78, 5) is 27.2. The molecule has 0 aliphatic rings. The van der Waals surface area contributed by atoms with E-state index in [1.165, 1.54) is 7.11 Å². The summed E-state index contributed by atoms with van der Waals surface area (Å²) in [7, 11) is 2.89. The molecule has 2 N–H and O–H groups in total. The van der Waals surface area contributed by atoms with E-state index in [-0.39, 0.29) is 5.91 Å². The van der Waals surface area contributed by atoms with Gasteiger partial charge in [0.15, 0.2) is 0 Å². The SMILES string of the molecule is COC(=O)c1cccc(NC(=O)c2c[nH]c3ccc(OC)cc23)c1. The molecule has 2 aromatic carbocycles. The molecule has 0 fully saturated rings. The van der Waals surface area contributed by atoms with E-state index in [1.54, 1.807) is 43.6 Å². The van der Waals surface area contributed by atoms with E-state index in [0.29, 0.717) is 22.6 Å². The first kappa shape index (κ1) is 15.6. The van der Waals surface area contributed by atoms with Crippen molar-refractivity contribution in [3.8, 4) is 5.75 Å². The zero-order valence-electron chi connectivity index (χ0n) is 13.3. The molecule has 1 heterocycles. The topological polar surface area (TPSA) is 80.4 Å². The molecule has 0 bridgehead atoms. The molecule has 0 saturated carbocycles. The van der Waals surface area contributed by atoms with Gasteiger partial charge in [0.25, 0.3) is 5.91 Å². The molecule has 24 heavy (non-hydrogen) atoms. The van der Waals surface area contributed by atoms with Crippen LogP contribution in [0.2, 0.25) is 0 Å². The number of nitrogens with one attached hydrogen (secondary N) is 2. The van der Waals surface area contributed by atoms with Crippen molar-refractivity contribution in [1.82, 2.24) is 4.98 Å². The van der Waals surface area contributed by atoms with Gasteiger partial charge in [-0.1, -0.05) is 6.07 Å². The minimum atomic E-state index is -0.456. The van der Waals surface area contributed by atoms with Crippen molar-refractivity contribution in [2.75, 3.05) is 19.5 Å². The standard InChI is InChI=1S/C18H16N2O4/c1-23-13-6-7-16-14(9-13)15(10-19-16)17(21)20-12-5-3-4-11(8-12)18(22)24-2/h3-10,19H,1-2H3,(H,20,21). The lowest BCUT2D eigenvalue weighted by atomic mass is 10.1. The number of fused-ring (bicyclic) bond motifs is 1. The Bertz CT molecular complexity index is 914. The molecule has 0 aliphatic heterocycles. The smallest absolute Gasteiger partial charge is 0.337 e. The first-order chi connectivity index (χ1) is 11.6. The molecular weight excluding hydrogens is 308 g/mol. The van der Waals surface area contributed by atoms with Crippen molar-refractivity contribution in [1.29, 1.82) is 0 Å². The van der Waals surface area contributed by atoms with Gasteiger partial charge >= 0.3 is 5.97 Å². The molecule has 6 nitrogen and oxygen atoms in total. The molecule has 3 rings (SSSR count). The number of H-pyrrole nitrogens is 1. The van der Waals surface area contributed by atoms with Gasteiger partial charge in [0.1, 0.15) is 5.75 Å². The second-order valence-corrected chi connectivity index (χ2v) is 5.14. The third kappa shape index (κ3) is 2.94. The Kier molecular flexibility index (Phi) is 4.20. The van der Waals surface area contributed by atoms with Crippen LogP contribution in [0.5, 0.6) is 5.75 Å². The molecule has 0 unspecified atom stereocenters. The predicted octanol–water partition coefficient (Wildman–Crippen LogP) is 3.22. The van der Waals surface area contributed by atoms with E-state index >= 15 is 0 Å². The maximum Gasteiger partial charge on any atom is 0.337 e. The highest BCUT2D eigenvalue weighted by Crippen LogP contribution is 2.24. The summed E-state index contributed by atoms with van der Waals surface area (Å²) in [6.07, 6.45) is 1.64. The predicted molar refractivity (Wildman–Crippen MR) is 90.6 cm³/mol. The van der Waals surface area contributed by atoms with E-state index in [9.17, 15) is 9.59 Å². The highest BCUT2D eigenvalue weighted by molar-refractivity contribution is 6.13. The highest BCUT2D eigenvalue weighted by atomic mass is 16.5. The number of hydrogen-bond donors (Lipinski definition) is 2. The van der Waals surface area contributed by atoms with E-state index in [4.69, 9.17) is 4.74 Å². The van der Waals surface area contributed by atoms with E-state index in [1.807, 2.05) is 12.1 Å². The van der Waals surface area contributed by atoms with E-state index < -0.39 is 5.97 Å². The van der Waals surface area contributed by atoms with Gasteiger partial charge in [0, 0.05) is 22.8 Å². The van der Waals surface area contributed by atoms with Crippen molar-refractivity contribution in [3.63, 3.8) is 0 Å². The van der Waals surface area contributed by atoms with Gasteiger partial charge in [0.05, 0.1) is 25.3 Å². The van der Waals surface area contributed by atoms with E-state index in [2.05, 4.69) is 15.0 Å². The molecule has 0 aliphatic carbocycles. The number of benzene rings is 2. The van der Waals surface area contributed by atoms with Gasteiger partial charge in [-0.15, -0.1) is 0 Å². The molecule has 0 radical (unpaired) electrons. The molecule has 122 valence electrons. The number of methoxy groups -OCH3 is 2. The Hall–Kier alpha value is -3.28. The van der Waals surface area contributed by atoms with Crippen molar-refractivity contribution in [3.05, 3.63) is 59.8 Å². The van der Waals surface area contributed by atoms with Crippen LogP contribution in [0.3, 0.4) is 0 Å². The normalized spacial score (nSPS) is 10.4. The summed E-state index contributed by atoms with van der Waals surface area (Å²) in [6.45, 7) is 0. The van der Waals surface area contributed by atoms with Crippen LogP contribution in [-0.2, 0) is 4.74 Å². The van der Waals surface area contributed by atoms with Crippen LogP contribution >= 0.6 is 0 Å². The average molecular weight is 324 g/mol. The maximum atomic E-state index is 12.6. The number of hydrogen-bond acceptors (Lipinski definition) is 4. The number of carbonyl (C=O) groups is 2. The number of carbonyl (C=O) groups excluding carboxylic acids is 2. The summed E-state index contributed by atoms with van der Waals surface area (Å²) in [6, 6.07) is 12.0. The van der Waals surface area contributed by atoms with Crippen molar-refractivity contribution < 1.29 is 19.1 Å². The Balaban J connectivity index is 1.89. The zero-order chi connectivity index (χ0) is 17.1. The molecule has 3 aromatic rings. The Morgan fingerprint density at radius 1 is 1.08 bits per heavy atom. The number of aromatic amines is 1. The molecule has 6 heteroatoms. The zero-order valence-corrected chi connectivity index (χ0v) is 13.3. The molecule has 1 aromatic heterocycles. The number of anilines is 1. The third-order valence-electron chi connectivity index (χ3n) is 3.68. The maximum absolute atomic E-state index is 12.6. The summed E-state index contributed by atoms with van der Waals surface area (Å²) in [5.74, 6) is -0.0664. The quantitative estimate of drug-likeness (QED) is 0.722. The van der Waals surface area contributed by atoms with Crippen LogP contribution in [0.4, 0.5) is 5.69 Å². The van der Waals surface area contributed by atoms with E-state index in [0.717, 1.165) is 10.9 Å². The monoisotopic (exact) mass is 324 g/mol. The Labute approximate surface area is 138 Å². The van der Waals surface area contributed by atoms with Crippen molar-refractivity contribution in [2.24, 2.45) is 0 Å². The summed E-state index contributed by atoms with van der Waals surface area (Å²) >= 11 is 0. The number of aromatic nitrogens is 1. The summed E-state index contributed by atoms with van der Waals surface area (Å²) in [5, 5.41) is 3.55. The molecule has 1 amide bonds. The summed E-state index contributed by atoms with van der Waals surface area (Å²) in [5.41, 5.74) is 2.22. The number of ether oxygens (including phenoxy) is 2. The first-order valence-electron chi connectivity index (χ1n) is 7.27. The fourth-order valence-electron chi connectivity index (χ4n) is 2.45. The molecule has 0 saturated heterocycles. The van der Waals surface area contributed by atoms with Crippen LogP contribution in [-0.4, -0.2) is 31.1 Å². The van der Waals surface area contributed by atoms with Crippen LogP contribution in [0.25, 0.3) is 10.9 Å². The molecule has 0 spiro atoms. The fourth-order valence-corrected chi connectivity index (χ4v) is 2.45. The first-order valence-corrected chi connectivity index (χ1v) is 7.27. The Morgan fingerprint density at radius 3 is 2.67 bits per heavy atom. The van der Waals surface area contributed by atoms with Crippen LogP contribution in [0, 0.1) is 0 Å². The fraction of sp³-hybridized carbons (Fsp3) is 0.111. The molecular formula is C18H16N2O4. The average Bonchev–Trinajstić information content (AvgIpc) is 3.04. The lowest BCUT2D eigenvalue weighted by Gasteiger charge is -2.06. The van der Waals surface area contributed by atoms with Gasteiger partial charge < -0.3 is 19.8 Å².